The summed E-state index contributed by atoms with van der Waals surface area (Å²) in [4.78, 5) is 15.8. The molecule has 1 aromatic rings. The van der Waals surface area contributed by atoms with Gasteiger partial charge in [0.2, 0.25) is 11.9 Å². The van der Waals surface area contributed by atoms with Gasteiger partial charge in [-0.1, -0.05) is 0 Å². The van der Waals surface area contributed by atoms with Gasteiger partial charge in [0.05, 0.1) is 25.2 Å². The van der Waals surface area contributed by atoms with Crippen LogP contribution in [-0.4, -0.2) is 40.4 Å². The third-order valence-electron chi connectivity index (χ3n) is 2.55. The van der Waals surface area contributed by atoms with Crippen molar-refractivity contribution in [2.45, 2.75) is 26.4 Å². The summed E-state index contributed by atoms with van der Waals surface area (Å²) >= 11 is 0. The largest absolute Gasteiger partial charge is 0.463 e. The molecule has 1 aliphatic rings. The molecule has 2 heterocycles. The fraction of sp³-hybridized carbons (Fsp3) is 0.700. The maximum Gasteiger partial charge on any atom is 0.337 e. The number of nitrogens with one attached hydrogen (secondary N) is 2. The van der Waals surface area contributed by atoms with Crippen LogP contribution in [0.25, 0.3) is 0 Å². The molecule has 2 unspecified atom stereocenters. The van der Waals surface area contributed by atoms with E-state index in [4.69, 9.17) is 9.47 Å². The standard InChI is InChI=1S/C10H16N4O3/c1-3-16-10-12-9(13-14-10)11-8(15)7-4-6(2)17-5-7/h6-7H,3-5H2,1-2H3,(H2,11,12,13,14,15). The molecule has 2 atom stereocenters. The summed E-state index contributed by atoms with van der Waals surface area (Å²) < 4.78 is 10.4. The Kier molecular flexibility index (Phi) is 3.58. The lowest BCUT2D eigenvalue weighted by molar-refractivity contribution is -0.119. The number of anilines is 1. The molecule has 94 valence electrons. The third kappa shape index (κ3) is 2.94. The molecule has 2 rings (SSSR count). The summed E-state index contributed by atoms with van der Waals surface area (Å²) in [5, 5.41) is 9.05. The van der Waals surface area contributed by atoms with E-state index in [1.165, 1.54) is 0 Å². The zero-order valence-electron chi connectivity index (χ0n) is 9.90. The zero-order valence-corrected chi connectivity index (χ0v) is 9.90. The third-order valence-corrected chi connectivity index (χ3v) is 2.55. The molecule has 0 aromatic carbocycles. The van der Waals surface area contributed by atoms with E-state index in [0.717, 1.165) is 6.42 Å². The maximum atomic E-state index is 11.8. The van der Waals surface area contributed by atoms with Crippen LogP contribution >= 0.6 is 0 Å². The van der Waals surface area contributed by atoms with Gasteiger partial charge >= 0.3 is 6.01 Å². The summed E-state index contributed by atoms with van der Waals surface area (Å²) in [7, 11) is 0. The molecule has 2 N–H and O–H groups in total. The van der Waals surface area contributed by atoms with E-state index in [-0.39, 0.29) is 23.9 Å². The van der Waals surface area contributed by atoms with Crippen LogP contribution in [0.3, 0.4) is 0 Å². The number of aromatic nitrogens is 3. The van der Waals surface area contributed by atoms with Crippen LogP contribution in [0.2, 0.25) is 0 Å². The molecule has 7 nitrogen and oxygen atoms in total. The number of amides is 1. The summed E-state index contributed by atoms with van der Waals surface area (Å²) in [6.45, 7) is 4.74. The Morgan fingerprint density at radius 2 is 2.53 bits per heavy atom. The number of nitrogens with zero attached hydrogens (tertiary/aromatic N) is 2. The molecular weight excluding hydrogens is 224 g/mol. The fourth-order valence-corrected chi connectivity index (χ4v) is 1.71. The first-order valence-electron chi connectivity index (χ1n) is 5.66. The minimum atomic E-state index is -0.120. The lowest BCUT2D eigenvalue weighted by atomic mass is 10.1. The number of aromatic amines is 1. The Labute approximate surface area is 98.9 Å². The van der Waals surface area contributed by atoms with Crippen molar-refractivity contribution < 1.29 is 14.3 Å². The summed E-state index contributed by atoms with van der Waals surface area (Å²) in [6.07, 6.45) is 0.873. The predicted molar refractivity (Wildman–Crippen MR) is 59.7 cm³/mol. The first kappa shape index (κ1) is 11.8. The van der Waals surface area contributed by atoms with Gasteiger partial charge in [-0.3, -0.25) is 10.1 Å². The van der Waals surface area contributed by atoms with E-state index < -0.39 is 0 Å². The number of carbonyl (C=O) groups excluding carboxylic acids is 1. The number of hydrogen-bond donors (Lipinski definition) is 2. The molecule has 7 heteroatoms. The molecule has 0 spiro atoms. The molecule has 0 bridgehead atoms. The van der Waals surface area contributed by atoms with Crippen molar-refractivity contribution in [3.8, 4) is 6.01 Å². The quantitative estimate of drug-likeness (QED) is 0.803. The Morgan fingerprint density at radius 1 is 1.71 bits per heavy atom. The van der Waals surface area contributed by atoms with E-state index in [1.54, 1.807) is 0 Å². The monoisotopic (exact) mass is 240 g/mol. The van der Waals surface area contributed by atoms with Gasteiger partial charge < -0.3 is 9.47 Å². The normalized spacial score (nSPS) is 23.6. The summed E-state index contributed by atoms with van der Waals surface area (Å²) in [5.74, 6) is 0.0807. The highest BCUT2D eigenvalue weighted by Crippen LogP contribution is 2.20. The van der Waals surface area contributed by atoms with Crippen LogP contribution in [0.4, 0.5) is 5.95 Å². The minimum Gasteiger partial charge on any atom is -0.463 e. The van der Waals surface area contributed by atoms with Gasteiger partial charge in [0, 0.05) is 0 Å². The first-order chi connectivity index (χ1) is 8.19. The predicted octanol–water partition coefficient (Wildman–Crippen LogP) is 0.567. The molecule has 1 amide bonds. The van der Waals surface area contributed by atoms with Gasteiger partial charge in [-0.25, -0.2) is 5.10 Å². The Morgan fingerprint density at radius 3 is 3.18 bits per heavy atom. The van der Waals surface area contributed by atoms with Crippen molar-refractivity contribution >= 4 is 11.9 Å². The molecule has 17 heavy (non-hydrogen) atoms. The summed E-state index contributed by atoms with van der Waals surface area (Å²) in [5.41, 5.74) is 0. The van der Waals surface area contributed by atoms with Crippen LogP contribution in [0.15, 0.2) is 0 Å². The van der Waals surface area contributed by atoms with Gasteiger partial charge in [-0.2, -0.15) is 4.98 Å². The number of hydrogen-bond acceptors (Lipinski definition) is 5. The van der Waals surface area contributed by atoms with E-state index in [9.17, 15) is 4.79 Å². The average molecular weight is 240 g/mol. The molecule has 0 radical (unpaired) electrons. The molecule has 1 aromatic heterocycles. The number of carbonyl (C=O) groups is 1. The molecule has 0 saturated carbocycles. The van der Waals surface area contributed by atoms with E-state index in [2.05, 4.69) is 20.5 Å². The van der Waals surface area contributed by atoms with Crippen molar-refractivity contribution in [3.63, 3.8) is 0 Å². The van der Waals surface area contributed by atoms with Crippen LogP contribution in [0.1, 0.15) is 20.3 Å². The number of rotatable bonds is 4. The van der Waals surface area contributed by atoms with Crippen LogP contribution < -0.4 is 10.1 Å². The highest BCUT2D eigenvalue weighted by molar-refractivity contribution is 5.91. The SMILES string of the molecule is CCOc1n[nH]c(NC(=O)C2COC(C)C2)n1. The van der Waals surface area contributed by atoms with Gasteiger partial charge in [-0.05, 0) is 20.3 Å². The van der Waals surface area contributed by atoms with Crippen molar-refractivity contribution in [1.29, 1.82) is 0 Å². The second kappa shape index (κ2) is 5.13. The highest BCUT2D eigenvalue weighted by Gasteiger charge is 2.28. The highest BCUT2D eigenvalue weighted by atomic mass is 16.5. The number of H-pyrrole nitrogens is 1. The fourth-order valence-electron chi connectivity index (χ4n) is 1.71. The second-order valence-corrected chi connectivity index (χ2v) is 3.97. The Bertz CT molecular complexity index is 393. The van der Waals surface area contributed by atoms with Crippen LogP contribution in [-0.2, 0) is 9.53 Å². The van der Waals surface area contributed by atoms with Gasteiger partial charge in [0.1, 0.15) is 0 Å². The van der Waals surface area contributed by atoms with Gasteiger partial charge in [0.25, 0.3) is 0 Å². The van der Waals surface area contributed by atoms with Crippen molar-refractivity contribution in [2.24, 2.45) is 5.92 Å². The van der Waals surface area contributed by atoms with E-state index >= 15 is 0 Å². The lowest BCUT2D eigenvalue weighted by Gasteiger charge is -2.05. The van der Waals surface area contributed by atoms with Crippen molar-refractivity contribution in [3.05, 3.63) is 0 Å². The summed E-state index contributed by atoms with van der Waals surface area (Å²) in [6, 6.07) is 0.235. The molecule has 1 saturated heterocycles. The Hall–Kier alpha value is -1.63. The molecule has 1 fully saturated rings. The van der Waals surface area contributed by atoms with E-state index in [1.807, 2.05) is 13.8 Å². The van der Waals surface area contributed by atoms with Crippen molar-refractivity contribution in [1.82, 2.24) is 15.2 Å². The Balaban J connectivity index is 1.89. The van der Waals surface area contributed by atoms with Crippen LogP contribution in [0.5, 0.6) is 6.01 Å². The topological polar surface area (TPSA) is 89.1 Å². The lowest BCUT2D eigenvalue weighted by Crippen LogP contribution is -2.23. The minimum absolute atomic E-state index is 0.103. The maximum absolute atomic E-state index is 11.8. The molecule has 0 aliphatic carbocycles. The first-order valence-corrected chi connectivity index (χ1v) is 5.66. The van der Waals surface area contributed by atoms with Crippen LogP contribution in [0, 0.1) is 5.92 Å². The zero-order chi connectivity index (χ0) is 12.3. The number of ether oxygens (including phenoxy) is 2. The van der Waals surface area contributed by atoms with Crippen molar-refractivity contribution in [2.75, 3.05) is 18.5 Å². The second-order valence-electron chi connectivity index (χ2n) is 3.97. The van der Waals surface area contributed by atoms with Gasteiger partial charge in [-0.15, -0.1) is 5.10 Å². The van der Waals surface area contributed by atoms with E-state index in [0.29, 0.717) is 19.2 Å². The molecular formula is C10H16N4O3. The van der Waals surface area contributed by atoms with Gasteiger partial charge in [0.15, 0.2) is 0 Å². The average Bonchev–Trinajstić information content (AvgIpc) is 2.88. The smallest absolute Gasteiger partial charge is 0.337 e. The molecule has 1 aliphatic heterocycles.